The number of nitrogens with zero attached hydrogens (tertiary/aromatic N) is 1. The maximum Gasteiger partial charge on any atom is 0.434 e. The molecule has 0 saturated heterocycles. The third kappa shape index (κ3) is 5.73. The molecule has 4 aromatic rings. The number of benzene rings is 3. The lowest BCUT2D eigenvalue weighted by molar-refractivity contribution is -0.299. The van der Waals surface area contributed by atoms with Crippen molar-refractivity contribution in [3.05, 3.63) is 66.7 Å². The first-order chi connectivity index (χ1) is 16.7. The Bertz CT molecular complexity index is 1480. The van der Waals surface area contributed by atoms with Crippen molar-refractivity contribution in [2.75, 3.05) is 11.0 Å². The van der Waals surface area contributed by atoms with Crippen LogP contribution >= 0.6 is 0 Å². The number of H-pyrrole nitrogens is 1. The summed E-state index contributed by atoms with van der Waals surface area (Å²) < 4.78 is 106. The quantitative estimate of drug-likeness (QED) is 0.294. The van der Waals surface area contributed by atoms with E-state index in [1.165, 1.54) is 12.1 Å². The van der Waals surface area contributed by atoms with Crippen molar-refractivity contribution in [2.45, 2.75) is 18.5 Å². The van der Waals surface area contributed by atoms with E-state index in [0.717, 1.165) is 18.4 Å². The van der Waals surface area contributed by atoms with Gasteiger partial charge in [0.05, 0.1) is 23.0 Å². The highest BCUT2D eigenvalue weighted by Crippen LogP contribution is 2.37. The highest BCUT2D eigenvalue weighted by atomic mass is 32.2. The van der Waals surface area contributed by atoms with Crippen molar-refractivity contribution < 1.29 is 39.5 Å². The normalized spacial score (nSPS) is 12.8. The van der Waals surface area contributed by atoms with Gasteiger partial charge in [-0.15, -0.1) is 0 Å². The Kier molecular flexibility index (Phi) is 6.37. The van der Waals surface area contributed by atoms with E-state index in [4.69, 9.17) is 0 Å². The monoisotopic (exact) mass is 529 g/mol. The van der Waals surface area contributed by atoms with E-state index in [0.29, 0.717) is 39.2 Å². The van der Waals surface area contributed by atoms with Crippen LogP contribution in [0.3, 0.4) is 0 Å². The molecule has 0 fully saturated rings. The van der Waals surface area contributed by atoms with Crippen LogP contribution < -0.4 is 9.46 Å². The Balaban J connectivity index is 1.62. The predicted molar refractivity (Wildman–Crippen MR) is 122 cm³/mol. The van der Waals surface area contributed by atoms with Gasteiger partial charge in [0, 0.05) is 11.1 Å². The second-order valence-corrected chi connectivity index (χ2v) is 9.59. The van der Waals surface area contributed by atoms with E-state index >= 15 is 0 Å². The molecule has 190 valence electrons. The summed E-state index contributed by atoms with van der Waals surface area (Å²) in [6.07, 6.45) is -14.1. The number of anilines is 1. The molecule has 0 aliphatic heterocycles. The summed E-state index contributed by atoms with van der Waals surface area (Å²) in [4.78, 5) is 7.45. The summed E-state index contributed by atoms with van der Waals surface area (Å²) in [5.41, 5.74) is 3.19. The van der Waals surface area contributed by atoms with E-state index in [-0.39, 0.29) is 0 Å². The fourth-order valence-electron chi connectivity index (χ4n) is 3.48. The zero-order chi connectivity index (χ0) is 26.3. The Labute approximate surface area is 201 Å². The van der Waals surface area contributed by atoms with E-state index in [1.54, 1.807) is 42.5 Å². The first kappa shape index (κ1) is 25.4. The lowest BCUT2D eigenvalue weighted by atomic mass is 10.0. The number of hydrogen-bond donors (Lipinski definition) is 2. The van der Waals surface area contributed by atoms with Crippen LogP contribution in [0.4, 0.5) is 32.0 Å². The van der Waals surface area contributed by atoms with E-state index in [9.17, 15) is 34.8 Å². The predicted octanol–water partition coefficient (Wildman–Crippen LogP) is 6.14. The first-order valence-corrected chi connectivity index (χ1v) is 12.1. The summed E-state index contributed by atoms with van der Waals surface area (Å²) in [5, 5.41) is 0. The first-order valence-electron chi connectivity index (χ1n) is 10.2. The maximum atomic E-state index is 12.7. The second kappa shape index (κ2) is 9.04. The van der Waals surface area contributed by atoms with Gasteiger partial charge in [-0.25, -0.2) is 13.4 Å². The number of imidazole rings is 1. The van der Waals surface area contributed by atoms with Gasteiger partial charge < -0.3 is 9.72 Å². The zero-order valence-corrected chi connectivity index (χ0v) is 19.1. The third-order valence-corrected chi connectivity index (χ3v) is 5.58. The number of rotatable bonds is 6. The van der Waals surface area contributed by atoms with Crippen molar-refractivity contribution in [3.63, 3.8) is 0 Å². The number of aromatic amines is 1. The van der Waals surface area contributed by atoms with Crippen LogP contribution in [0.25, 0.3) is 33.5 Å². The minimum Gasteiger partial charge on any atom is -0.471 e. The highest BCUT2D eigenvalue weighted by molar-refractivity contribution is 7.92. The molecule has 0 bridgehead atoms. The number of hydrogen-bond acceptors (Lipinski definition) is 4. The Morgan fingerprint density at radius 3 is 2.11 bits per heavy atom. The van der Waals surface area contributed by atoms with Crippen LogP contribution in [-0.4, -0.2) is 43.1 Å². The van der Waals surface area contributed by atoms with Gasteiger partial charge in [0.2, 0.25) is 10.0 Å². The lowest BCUT2D eigenvalue weighted by Crippen LogP contribution is -2.46. The molecule has 0 aliphatic rings. The molecule has 1 aromatic heterocycles. The smallest absolute Gasteiger partial charge is 0.434 e. The van der Waals surface area contributed by atoms with Crippen molar-refractivity contribution in [1.29, 1.82) is 0 Å². The SMILES string of the molecule is CS(=O)(=O)Nc1ccccc1-c1ccc2nc(-c3ccc(OC(C(F)(F)F)C(F)(F)F)cc3)[nH]c2c1. The van der Waals surface area contributed by atoms with Crippen molar-refractivity contribution in [2.24, 2.45) is 0 Å². The largest absolute Gasteiger partial charge is 0.471 e. The lowest BCUT2D eigenvalue weighted by Gasteiger charge is -2.23. The van der Waals surface area contributed by atoms with Crippen LogP contribution in [0.2, 0.25) is 0 Å². The van der Waals surface area contributed by atoms with Crippen LogP contribution in [0.5, 0.6) is 5.75 Å². The van der Waals surface area contributed by atoms with Crippen LogP contribution in [-0.2, 0) is 10.0 Å². The summed E-state index contributed by atoms with van der Waals surface area (Å²) in [6, 6.07) is 16.5. The number of para-hydroxylation sites is 1. The molecular weight excluding hydrogens is 512 g/mol. The van der Waals surface area contributed by atoms with Crippen molar-refractivity contribution in [3.8, 4) is 28.3 Å². The Morgan fingerprint density at radius 2 is 1.50 bits per heavy atom. The number of halogens is 6. The third-order valence-electron chi connectivity index (χ3n) is 4.99. The minimum atomic E-state index is -5.62. The Morgan fingerprint density at radius 1 is 0.889 bits per heavy atom. The number of sulfonamides is 1. The molecule has 36 heavy (non-hydrogen) atoms. The number of aromatic nitrogens is 2. The minimum absolute atomic E-state index is 0.319. The molecule has 0 unspecified atom stereocenters. The molecule has 0 spiro atoms. The summed E-state index contributed by atoms with van der Waals surface area (Å²) in [5.74, 6) is -0.286. The van der Waals surface area contributed by atoms with Crippen molar-refractivity contribution >= 4 is 26.7 Å². The van der Waals surface area contributed by atoms with E-state index in [1.807, 2.05) is 0 Å². The Hall–Kier alpha value is -3.74. The summed E-state index contributed by atoms with van der Waals surface area (Å²) >= 11 is 0. The van der Waals surface area contributed by atoms with Crippen LogP contribution in [0.15, 0.2) is 66.7 Å². The number of alkyl halides is 6. The molecule has 2 N–H and O–H groups in total. The molecule has 0 saturated carbocycles. The highest BCUT2D eigenvalue weighted by Gasteiger charge is 2.59. The molecule has 3 aromatic carbocycles. The van der Waals surface area contributed by atoms with Gasteiger partial charge in [0.1, 0.15) is 11.6 Å². The van der Waals surface area contributed by atoms with Gasteiger partial charge in [-0.05, 0) is 48.0 Å². The summed E-state index contributed by atoms with van der Waals surface area (Å²) in [7, 11) is -3.51. The van der Waals surface area contributed by atoms with Gasteiger partial charge in [0.15, 0.2) is 0 Å². The number of ether oxygens (including phenoxy) is 1. The number of nitrogens with one attached hydrogen (secondary N) is 2. The van der Waals surface area contributed by atoms with Gasteiger partial charge in [-0.2, -0.15) is 26.3 Å². The van der Waals surface area contributed by atoms with Crippen molar-refractivity contribution in [1.82, 2.24) is 9.97 Å². The molecule has 0 amide bonds. The fraction of sp³-hybridized carbons (Fsp3) is 0.174. The summed E-state index contributed by atoms with van der Waals surface area (Å²) in [6.45, 7) is 0. The molecule has 13 heteroatoms. The van der Waals surface area contributed by atoms with Gasteiger partial charge in [-0.1, -0.05) is 24.3 Å². The molecule has 6 nitrogen and oxygen atoms in total. The average molecular weight is 529 g/mol. The molecule has 1 heterocycles. The molecular formula is C23H17F6N3O3S. The standard InChI is InChI=1S/C23H17F6N3O3S/c1-36(33,34)32-17-5-3-2-4-16(17)14-8-11-18-19(12-14)31-20(30-18)13-6-9-15(10-7-13)35-21(22(24,25)26)23(27,28)29/h2-12,21,32H,1H3,(H,30,31). The van der Waals surface area contributed by atoms with Crippen LogP contribution in [0, 0.1) is 0 Å². The van der Waals surface area contributed by atoms with E-state index in [2.05, 4.69) is 19.4 Å². The van der Waals surface area contributed by atoms with Crippen LogP contribution in [0.1, 0.15) is 0 Å². The second-order valence-electron chi connectivity index (χ2n) is 7.84. The molecule has 4 rings (SSSR count). The van der Waals surface area contributed by atoms with Gasteiger partial charge >= 0.3 is 12.4 Å². The number of fused-ring (bicyclic) bond motifs is 1. The topological polar surface area (TPSA) is 84.1 Å². The molecule has 0 radical (unpaired) electrons. The maximum absolute atomic E-state index is 12.7. The van der Waals surface area contributed by atoms with Gasteiger partial charge in [0.25, 0.3) is 6.10 Å². The van der Waals surface area contributed by atoms with E-state index < -0.39 is 34.2 Å². The molecule has 0 atom stereocenters. The van der Waals surface area contributed by atoms with Gasteiger partial charge in [-0.3, -0.25) is 4.72 Å². The zero-order valence-electron chi connectivity index (χ0n) is 18.3. The average Bonchev–Trinajstić information content (AvgIpc) is 3.19. The molecule has 0 aliphatic carbocycles. The fourth-order valence-corrected chi connectivity index (χ4v) is 4.06.